The van der Waals surface area contributed by atoms with Gasteiger partial charge >= 0.3 is 0 Å². The molecule has 1 aromatic carbocycles. The molecule has 1 unspecified atom stereocenters. The number of piperidine rings is 1. The molecule has 1 N–H and O–H groups in total. The number of carbonyl (C=O) groups is 1. The summed E-state index contributed by atoms with van der Waals surface area (Å²) in [5.41, 5.74) is 1.43. The maximum atomic E-state index is 12.9. The van der Waals surface area contributed by atoms with Gasteiger partial charge in [-0.25, -0.2) is 17.8 Å². The molecular formula is C21H27N3O6S. The van der Waals surface area contributed by atoms with Gasteiger partial charge in [0.05, 0.1) is 25.6 Å². The van der Waals surface area contributed by atoms with Crippen molar-refractivity contribution in [3.8, 4) is 5.75 Å². The van der Waals surface area contributed by atoms with Gasteiger partial charge in [-0.2, -0.15) is 0 Å². The van der Waals surface area contributed by atoms with Gasteiger partial charge in [0, 0.05) is 25.5 Å². The van der Waals surface area contributed by atoms with Crippen molar-refractivity contribution in [1.29, 1.82) is 0 Å². The van der Waals surface area contributed by atoms with Crippen molar-refractivity contribution in [1.82, 2.24) is 14.4 Å². The van der Waals surface area contributed by atoms with Gasteiger partial charge in [0.25, 0.3) is 0 Å². The van der Waals surface area contributed by atoms with Gasteiger partial charge in [-0.1, -0.05) is 18.2 Å². The second-order valence-electron chi connectivity index (χ2n) is 7.33. The third kappa shape index (κ3) is 6.23. The second-order valence-corrected chi connectivity index (χ2v) is 9.34. The molecule has 168 valence electrons. The van der Waals surface area contributed by atoms with Crippen LogP contribution < -0.4 is 4.74 Å². The number of hydrogen-bond donors (Lipinski definition) is 1. The smallest absolute Gasteiger partial charge is 0.233 e. The van der Waals surface area contributed by atoms with E-state index in [-0.39, 0.29) is 12.5 Å². The van der Waals surface area contributed by atoms with Crippen LogP contribution in [0.4, 0.5) is 0 Å². The Hall–Kier alpha value is -2.53. The summed E-state index contributed by atoms with van der Waals surface area (Å²) in [4.78, 5) is 15.0. The van der Waals surface area contributed by atoms with Gasteiger partial charge < -0.3 is 9.47 Å². The summed E-state index contributed by atoms with van der Waals surface area (Å²) >= 11 is 0. The Morgan fingerprint density at radius 2 is 2.06 bits per heavy atom. The monoisotopic (exact) mass is 449 g/mol. The predicted molar refractivity (Wildman–Crippen MR) is 113 cm³/mol. The molecule has 9 nitrogen and oxygen atoms in total. The van der Waals surface area contributed by atoms with E-state index in [0.717, 1.165) is 11.3 Å². The zero-order valence-electron chi connectivity index (χ0n) is 17.3. The van der Waals surface area contributed by atoms with E-state index in [1.54, 1.807) is 19.2 Å². The Morgan fingerprint density at radius 1 is 1.29 bits per heavy atom. The Morgan fingerprint density at radius 3 is 2.71 bits per heavy atom. The maximum absolute atomic E-state index is 12.9. The van der Waals surface area contributed by atoms with E-state index in [0.29, 0.717) is 43.2 Å². The van der Waals surface area contributed by atoms with E-state index in [1.165, 1.54) is 16.7 Å². The number of hydrogen-bond acceptors (Lipinski definition) is 7. The second kappa shape index (κ2) is 10.7. The van der Waals surface area contributed by atoms with Crippen molar-refractivity contribution in [2.24, 2.45) is 0 Å². The minimum absolute atomic E-state index is 0.0453. The number of sulfonamides is 1. The average Bonchev–Trinajstić information content (AvgIpc) is 2.81. The summed E-state index contributed by atoms with van der Waals surface area (Å²) in [6.07, 6.45) is 4.26. The summed E-state index contributed by atoms with van der Waals surface area (Å²) in [6.45, 7) is 1.06. The first-order chi connectivity index (χ1) is 14.9. The van der Waals surface area contributed by atoms with Crippen LogP contribution in [-0.4, -0.2) is 66.4 Å². The molecule has 0 radical (unpaired) electrons. The first kappa shape index (κ1) is 23.1. The van der Waals surface area contributed by atoms with Crippen LogP contribution in [0, 0.1) is 0 Å². The third-order valence-corrected chi connectivity index (χ3v) is 7.17. The predicted octanol–water partition coefficient (Wildman–Crippen LogP) is 1.99. The SMILES string of the molecule is COc1cccc(COC2CCN(S(=O)(=O)CC(c3cccnc3)N(O)C=O)CC2)c1. The summed E-state index contributed by atoms with van der Waals surface area (Å²) in [5.74, 6) is 0.335. The molecule has 1 aromatic heterocycles. The molecule has 1 saturated heterocycles. The molecule has 0 saturated carbocycles. The minimum atomic E-state index is -3.71. The van der Waals surface area contributed by atoms with E-state index in [1.807, 2.05) is 24.3 Å². The molecule has 1 fully saturated rings. The normalized spacial score (nSPS) is 16.6. The number of nitrogens with zero attached hydrogens (tertiary/aromatic N) is 3. The lowest BCUT2D eigenvalue weighted by Crippen LogP contribution is -2.44. The van der Waals surface area contributed by atoms with Gasteiger partial charge in [-0.3, -0.25) is 15.0 Å². The fourth-order valence-electron chi connectivity index (χ4n) is 3.53. The van der Waals surface area contributed by atoms with Crippen LogP contribution in [0.25, 0.3) is 0 Å². The molecule has 0 bridgehead atoms. The van der Waals surface area contributed by atoms with E-state index in [2.05, 4.69) is 4.98 Å². The van der Waals surface area contributed by atoms with Crippen molar-refractivity contribution in [3.05, 3.63) is 59.9 Å². The van der Waals surface area contributed by atoms with E-state index < -0.39 is 21.8 Å². The zero-order chi connectivity index (χ0) is 22.3. The van der Waals surface area contributed by atoms with Crippen LogP contribution in [0.5, 0.6) is 5.75 Å². The molecule has 31 heavy (non-hydrogen) atoms. The number of pyridine rings is 1. The van der Waals surface area contributed by atoms with Crippen molar-refractivity contribution in [3.63, 3.8) is 0 Å². The van der Waals surface area contributed by atoms with E-state index in [4.69, 9.17) is 9.47 Å². The van der Waals surface area contributed by atoms with Crippen LogP contribution >= 0.6 is 0 Å². The lowest BCUT2D eigenvalue weighted by Gasteiger charge is -2.33. The molecule has 1 atom stereocenters. The lowest BCUT2D eigenvalue weighted by atomic mass is 10.1. The van der Waals surface area contributed by atoms with Crippen molar-refractivity contribution in [2.45, 2.75) is 31.6 Å². The van der Waals surface area contributed by atoms with Gasteiger partial charge in [0.15, 0.2) is 0 Å². The van der Waals surface area contributed by atoms with Crippen LogP contribution in [0.15, 0.2) is 48.8 Å². The molecule has 10 heteroatoms. The van der Waals surface area contributed by atoms with Gasteiger partial charge in [-0.05, 0) is 42.2 Å². The molecule has 0 spiro atoms. The molecule has 0 aliphatic carbocycles. The number of benzene rings is 1. The lowest BCUT2D eigenvalue weighted by molar-refractivity contribution is -0.159. The fraction of sp³-hybridized carbons (Fsp3) is 0.429. The largest absolute Gasteiger partial charge is 0.497 e. The topological polar surface area (TPSA) is 109 Å². The molecular weight excluding hydrogens is 422 g/mol. The highest BCUT2D eigenvalue weighted by Gasteiger charge is 2.33. The van der Waals surface area contributed by atoms with Gasteiger partial charge in [-0.15, -0.1) is 0 Å². The molecule has 3 rings (SSSR count). The Kier molecular flexibility index (Phi) is 7.97. The van der Waals surface area contributed by atoms with Crippen LogP contribution in [0.2, 0.25) is 0 Å². The molecule has 1 amide bonds. The van der Waals surface area contributed by atoms with E-state index >= 15 is 0 Å². The standard InChI is InChI=1S/C21H27N3O6S/c1-29-20-6-2-4-17(12-20)14-30-19-7-10-23(11-8-19)31(27,28)15-21(24(26)16-25)18-5-3-9-22-13-18/h2-6,9,12-13,16,19,21,26H,7-8,10-11,14-15H2,1H3. The Bertz CT molecular complexity index is 949. The van der Waals surface area contributed by atoms with Crippen LogP contribution in [-0.2, 0) is 26.2 Å². The maximum Gasteiger partial charge on any atom is 0.233 e. The highest BCUT2D eigenvalue weighted by Crippen LogP contribution is 2.24. The number of aromatic nitrogens is 1. The number of amides is 1. The number of rotatable bonds is 10. The first-order valence-corrected chi connectivity index (χ1v) is 11.6. The Balaban J connectivity index is 1.56. The molecule has 1 aliphatic rings. The number of hydroxylamine groups is 2. The highest BCUT2D eigenvalue weighted by molar-refractivity contribution is 7.89. The van der Waals surface area contributed by atoms with E-state index in [9.17, 15) is 18.4 Å². The number of methoxy groups -OCH3 is 1. The van der Waals surface area contributed by atoms with Crippen molar-refractivity contribution >= 4 is 16.4 Å². The number of carbonyl (C=O) groups excluding carboxylic acids is 1. The summed E-state index contributed by atoms with van der Waals surface area (Å²) < 4.78 is 38.4. The van der Waals surface area contributed by atoms with Crippen LogP contribution in [0.3, 0.4) is 0 Å². The fourth-order valence-corrected chi connectivity index (χ4v) is 5.25. The minimum Gasteiger partial charge on any atom is -0.497 e. The summed E-state index contributed by atoms with van der Waals surface area (Å²) in [5, 5.41) is 10.3. The molecule has 2 heterocycles. The van der Waals surface area contributed by atoms with Crippen molar-refractivity contribution < 1.29 is 27.9 Å². The molecule has 2 aromatic rings. The summed E-state index contributed by atoms with van der Waals surface area (Å²) in [6, 6.07) is 9.84. The van der Waals surface area contributed by atoms with Crippen LogP contribution in [0.1, 0.15) is 30.0 Å². The number of ether oxygens (including phenoxy) is 2. The Labute approximate surface area is 182 Å². The summed E-state index contributed by atoms with van der Waals surface area (Å²) in [7, 11) is -2.10. The van der Waals surface area contributed by atoms with Crippen molar-refractivity contribution in [2.75, 3.05) is 26.0 Å². The zero-order valence-corrected chi connectivity index (χ0v) is 18.1. The van der Waals surface area contributed by atoms with Gasteiger partial charge in [0.1, 0.15) is 11.8 Å². The quantitative estimate of drug-likeness (QED) is 0.336. The van der Waals surface area contributed by atoms with Gasteiger partial charge in [0.2, 0.25) is 16.4 Å². The third-order valence-electron chi connectivity index (χ3n) is 5.28. The molecule has 1 aliphatic heterocycles. The average molecular weight is 450 g/mol. The first-order valence-electron chi connectivity index (χ1n) is 9.97. The highest BCUT2D eigenvalue weighted by atomic mass is 32.2.